The molecule has 0 spiro atoms. The van der Waals surface area contributed by atoms with Crippen LogP contribution in [0.15, 0.2) is 53.5 Å². The highest BCUT2D eigenvalue weighted by atomic mass is 16.5. The van der Waals surface area contributed by atoms with Crippen molar-refractivity contribution in [2.24, 2.45) is 0 Å². The fourth-order valence-electron chi connectivity index (χ4n) is 3.18. The number of hydrogen-bond donors (Lipinski definition) is 1. The number of fused-ring (bicyclic) bond motifs is 1. The minimum absolute atomic E-state index is 0.113. The van der Waals surface area contributed by atoms with E-state index in [2.05, 4.69) is 5.32 Å². The van der Waals surface area contributed by atoms with Crippen molar-refractivity contribution in [3.8, 4) is 11.5 Å². The summed E-state index contributed by atoms with van der Waals surface area (Å²) in [5.41, 5.74) is 1.18. The predicted molar refractivity (Wildman–Crippen MR) is 112 cm³/mol. The Morgan fingerprint density at radius 2 is 1.86 bits per heavy atom. The minimum Gasteiger partial charge on any atom is -0.497 e. The van der Waals surface area contributed by atoms with Gasteiger partial charge in [0, 0.05) is 41.9 Å². The maximum atomic E-state index is 12.7. The van der Waals surface area contributed by atoms with Crippen molar-refractivity contribution in [2.45, 2.75) is 13.0 Å². The second-order valence-electron chi connectivity index (χ2n) is 6.48. The number of carbonyl (C=O) groups excluding carboxylic acids is 1. The van der Waals surface area contributed by atoms with E-state index in [9.17, 15) is 9.59 Å². The van der Waals surface area contributed by atoms with Crippen molar-refractivity contribution in [1.82, 2.24) is 4.57 Å². The molecule has 0 unspecified atom stereocenters. The van der Waals surface area contributed by atoms with Crippen molar-refractivity contribution in [3.63, 3.8) is 0 Å². The van der Waals surface area contributed by atoms with Gasteiger partial charge in [-0.25, -0.2) is 0 Å². The van der Waals surface area contributed by atoms with E-state index in [1.165, 1.54) is 0 Å². The molecule has 152 valence electrons. The Kier molecular flexibility index (Phi) is 6.51. The molecule has 1 amide bonds. The quantitative estimate of drug-likeness (QED) is 0.633. The Labute approximate surface area is 168 Å². The summed E-state index contributed by atoms with van der Waals surface area (Å²) < 4.78 is 17.2. The zero-order valence-electron chi connectivity index (χ0n) is 16.7. The molecule has 0 bridgehead atoms. The summed E-state index contributed by atoms with van der Waals surface area (Å²) in [5.74, 6) is 1.04. The van der Waals surface area contributed by atoms with E-state index in [0.717, 1.165) is 0 Å². The largest absolute Gasteiger partial charge is 0.497 e. The first-order valence-corrected chi connectivity index (χ1v) is 9.19. The van der Waals surface area contributed by atoms with Crippen molar-refractivity contribution in [1.29, 1.82) is 0 Å². The molecular weight excluding hydrogens is 372 g/mol. The zero-order valence-corrected chi connectivity index (χ0v) is 16.7. The number of amides is 1. The highest BCUT2D eigenvalue weighted by Crippen LogP contribution is 2.26. The van der Waals surface area contributed by atoms with Gasteiger partial charge in [-0.2, -0.15) is 0 Å². The number of rotatable bonds is 8. The Bertz CT molecular complexity index is 1070. The molecule has 1 N–H and O–H groups in total. The lowest BCUT2D eigenvalue weighted by atomic mass is 10.1. The van der Waals surface area contributed by atoms with E-state index in [-0.39, 0.29) is 17.9 Å². The van der Waals surface area contributed by atoms with Crippen LogP contribution in [0.3, 0.4) is 0 Å². The van der Waals surface area contributed by atoms with Gasteiger partial charge >= 0.3 is 0 Å². The van der Waals surface area contributed by atoms with E-state index in [1.54, 1.807) is 68.5 Å². The molecule has 3 aromatic rings. The monoisotopic (exact) mass is 396 g/mol. The van der Waals surface area contributed by atoms with Crippen molar-refractivity contribution < 1.29 is 19.0 Å². The summed E-state index contributed by atoms with van der Waals surface area (Å²) in [6, 6.07) is 12.4. The summed E-state index contributed by atoms with van der Waals surface area (Å²) in [4.78, 5) is 25.4. The maximum absolute atomic E-state index is 12.7. The second-order valence-corrected chi connectivity index (χ2v) is 6.48. The van der Waals surface area contributed by atoms with Gasteiger partial charge in [-0.3, -0.25) is 9.59 Å². The minimum atomic E-state index is -0.215. The molecule has 0 fully saturated rings. The van der Waals surface area contributed by atoms with Crippen LogP contribution in [-0.2, 0) is 22.5 Å². The van der Waals surface area contributed by atoms with Crippen LogP contribution in [0.1, 0.15) is 5.56 Å². The number of hydrogen-bond acceptors (Lipinski definition) is 5. The number of methoxy groups -OCH3 is 3. The van der Waals surface area contributed by atoms with Crippen LogP contribution in [0.5, 0.6) is 11.5 Å². The van der Waals surface area contributed by atoms with Crippen LogP contribution >= 0.6 is 0 Å². The second kappa shape index (κ2) is 9.25. The molecule has 0 atom stereocenters. The lowest BCUT2D eigenvalue weighted by Gasteiger charge is -2.13. The molecule has 1 heterocycles. The molecule has 29 heavy (non-hydrogen) atoms. The molecule has 0 radical (unpaired) electrons. The molecular formula is C22H24N2O5. The molecule has 0 saturated carbocycles. The van der Waals surface area contributed by atoms with Crippen molar-refractivity contribution in [2.75, 3.05) is 33.3 Å². The highest BCUT2D eigenvalue weighted by Gasteiger charge is 2.13. The average Bonchev–Trinajstić information content (AvgIpc) is 2.73. The first kappa shape index (κ1) is 20.4. The maximum Gasteiger partial charge on any atom is 0.258 e. The normalized spacial score (nSPS) is 10.7. The first-order chi connectivity index (χ1) is 14.1. The fraction of sp³-hybridized carbons (Fsp3) is 0.273. The van der Waals surface area contributed by atoms with Gasteiger partial charge in [-0.1, -0.05) is 6.07 Å². The number of nitrogens with one attached hydrogen (secondary N) is 1. The van der Waals surface area contributed by atoms with Crippen molar-refractivity contribution in [3.05, 3.63) is 64.6 Å². The number of anilines is 1. The summed E-state index contributed by atoms with van der Waals surface area (Å²) in [6.07, 6.45) is 1.83. The molecule has 1 aromatic heterocycles. The van der Waals surface area contributed by atoms with E-state index < -0.39 is 0 Å². The third kappa shape index (κ3) is 4.57. The van der Waals surface area contributed by atoms with Gasteiger partial charge in [0.05, 0.1) is 27.2 Å². The van der Waals surface area contributed by atoms with Gasteiger partial charge < -0.3 is 24.1 Å². The Hall–Kier alpha value is -3.32. The number of pyridine rings is 1. The van der Waals surface area contributed by atoms with Crippen molar-refractivity contribution >= 4 is 22.4 Å². The van der Waals surface area contributed by atoms with Gasteiger partial charge in [0.25, 0.3) is 5.56 Å². The molecule has 2 aromatic carbocycles. The highest BCUT2D eigenvalue weighted by molar-refractivity contribution is 6.02. The Morgan fingerprint density at radius 3 is 2.59 bits per heavy atom. The SMILES string of the molecule is COCCn1ccc2c(NC(=O)Cc3cc(OC)ccc3OC)cccc2c1=O. The summed E-state index contributed by atoms with van der Waals surface area (Å²) in [6.45, 7) is 0.918. The molecule has 0 aliphatic rings. The van der Waals surface area contributed by atoms with E-state index in [0.29, 0.717) is 46.7 Å². The third-order valence-electron chi connectivity index (χ3n) is 4.67. The Morgan fingerprint density at radius 1 is 1.03 bits per heavy atom. The summed E-state index contributed by atoms with van der Waals surface area (Å²) in [7, 11) is 4.72. The Balaban J connectivity index is 1.86. The number of benzene rings is 2. The van der Waals surface area contributed by atoms with Gasteiger partial charge in [0.2, 0.25) is 5.91 Å². The molecule has 0 aliphatic heterocycles. The molecule has 0 aliphatic carbocycles. The van der Waals surface area contributed by atoms with Crippen LogP contribution in [0.2, 0.25) is 0 Å². The van der Waals surface area contributed by atoms with E-state index in [1.807, 2.05) is 6.07 Å². The topological polar surface area (TPSA) is 78.8 Å². The van der Waals surface area contributed by atoms with Gasteiger partial charge in [0.15, 0.2) is 0 Å². The fourth-order valence-corrected chi connectivity index (χ4v) is 3.18. The summed E-state index contributed by atoms with van der Waals surface area (Å²) in [5, 5.41) is 4.14. The number of nitrogens with zero attached hydrogens (tertiary/aromatic N) is 1. The summed E-state index contributed by atoms with van der Waals surface area (Å²) >= 11 is 0. The standard InChI is InChI=1S/C22H24N2O5/c1-27-12-11-24-10-9-17-18(22(24)26)5-4-6-19(17)23-21(25)14-15-13-16(28-2)7-8-20(15)29-3/h4-10,13H,11-12,14H2,1-3H3,(H,23,25). The van der Waals surface area contributed by atoms with Crippen LogP contribution in [0.25, 0.3) is 10.8 Å². The molecule has 7 nitrogen and oxygen atoms in total. The van der Waals surface area contributed by atoms with Crippen LogP contribution in [-0.4, -0.2) is 38.4 Å². The van der Waals surface area contributed by atoms with Crippen LogP contribution in [0.4, 0.5) is 5.69 Å². The molecule has 0 saturated heterocycles. The number of ether oxygens (including phenoxy) is 3. The number of carbonyl (C=O) groups is 1. The van der Waals surface area contributed by atoms with E-state index in [4.69, 9.17) is 14.2 Å². The van der Waals surface area contributed by atoms with Crippen LogP contribution in [0, 0.1) is 0 Å². The van der Waals surface area contributed by atoms with Gasteiger partial charge in [0.1, 0.15) is 11.5 Å². The molecule has 3 rings (SSSR count). The predicted octanol–water partition coefficient (Wildman–Crippen LogP) is 2.85. The first-order valence-electron chi connectivity index (χ1n) is 9.19. The smallest absolute Gasteiger partial charge is 0.258 e. The van der Waals surface area contributed by atoms with Crippen LogP contribution < -0.4 is 20.3 Å². The van der Waals surface area contributed by atoms with E-state index >= 15 is 0 Å². The van der Waals surface area contributed by atoms with Gasteiger partial charge in [-0.05, 0) is 36.4 Å². The lowest BCUT2D eigenvalue weighted by Crippen LogP contribution is -2.22. The van der Waals surface area contributed by atoms with Gasteiger partial charge in [-0.15, -0.1) is 0 Å². The average molecular weight is 396 g/mol. The number of aromatic nitrogens is 1. The lowest BCUT2D eigenvalue weighted by molar-refractivity contribution is -0.115. The zero-order chi connectivity index (χ0) is 20.8. The third-order valence-corrected chi connectivity index (χ3v) is 4.67. The molecule has 7 heteroatoms.